The van der Waals surface area contributed by atoms with Gasteiger partial charge in [-0.2, -0.15) is 5.26 Å². The molecule has 0 unspecified atom stereocenters. The maximum absolute atomic E-state index is 10.5. The highest BCUT2D eigenvalue weighted by molar-refractivity contribution is 9.10. The molecule has 37 heavy (non-hydrogen) atoms. The number of nitriles is 1. The molecule has 3 heterocycles. The average molecular weight is 543 g/mol. The lowest BCUT2D eigenvalue weighted by Crippen LogP contribution is -2.30. The predicted octanol–water partition coefficient (Wildman–Crippen LogP) is 8.38. The highest BCUT2D eigenvalue weighted by atomic mass is 79.9. The van der Waals surface area contributed by atoms with Crippen molar-refractivity contribution < 1.29 is 0 Å². The van der Waals surface area contributed by atoms with Crippen molar-refractivity contribution in [1.29, 1.82) is 5.26 Å². The maximum Gasteiger partial charge on any atom is 0.102 e. The van der Waals surface area contributed by atoms with Gasteiger partial charge in [-0.05, 0) is 72.2 Å². The van der Waals surface area contributed by atoms with E-state index in [1.165, 1.54) is 6.42 Å². The summed E-state index contributed by atoms with van der Waals surface area (Å²) in [6.07, 6.45) is 5.36. The lowest BCUT2D eigenvalue weighted by molar-refractivity contribution is 0.578. The molecule has 178 valence electrons. The van der Waals surface area contributed by atoms with E-state index in [2.05, 4.69) is 98.6 Å². The summed E-state index contributed by atoms with van der Waals surface area (Å²) in [6, 6.07) is 27.9. The van der Waals surface area contributed by atoms with Crippen molar-refractivity contribution in [3.8, 4) is 17.2 Å². The molecule has 0 spiro atoms. The minimum Gasteiger partial charge on any atom is -0.370 e. The number of rotatable bonds is 2. The van der Waals surface area contributed by atoms with Crippen LogP contribution in [0, 0.1) is 11.3 Å². The summed E-state index contributed by atoms with van der Waals surface area (Å²) in [5, 5.41) is 15.7. The van der Waals surface area contributed by atoms with Gasteiger partial charge in [0, 0.05) is 45.3 Å². The van der Waals surface area contributed by atoms with Gasteiger partial charge in [0.25, 0.3) is 0 Å². The molecule has 1 aliphatic heterocycles. The Labute approximate surface area is 223 Å². The smallest absolute Gasteiger partial charge is 0.102 e. The summed E-state index contributed by atoms with van der Waals surface area (Å²) in [5.74, 6) is 0. The van der Waals surface area contributed by atoms with Crippen molar-refractivity contribution in [3.05, 3.63) is 89.0 Å². The Morgan fingerprint density at radius 3 is 2.43 bits per heavy atom. The summed E-state index contributed by atoms with van der Waals surface area (Å²) in [6.45, 7) is 1.95. The first kappa shape index (κ1) is 22.2. The number of benzene rings is 4. The number of halogens is 1. The Kier molecular flexibility index (Phi) is 5.30. The number of anilines is 1. The second-order valence-corrected chi connectivity index (χ2v) is 10.7. The molecule has 6 aromatic rings. The van der Waals surface area contributed by atoms with Crippen LogP contribution < -0.4 is 4.90 Å². The molecule has 0 saturated carbocycles. The lowest BCUT2D eigenvalue weighted by Gasteiger charge is -2.31. The van der Waals surface area contributed by atoms with Crippen molar-refractivity contribution >= 4 is 65.1 Å². The molecular formula is C32H23BrN4. The van der Waals surface area contributed by atoms with Crippen LogP contribution in [0.15, 0.2) is 83.5 Å². The molecule has 0 amide bonds. The second-order valence-electron chi connectivity index (χ2n) is 9.74. The molecule has 2 aromatic heterocycles. The molecule has 1 saturated heterocycles. The number of hydrogen-bond donors (Lipinski definition) is 0. The third kappa shape index (κ3) is 3.63. The fourth-order valence-corrected chi connectivity index (χ4v) is 6.05. The number of nitrogens with zero attached hydrogens (tertiary/aromatic N) is 4. The van der Waals surface area contributed by atoms with Crippen molar-refractivity contribution in [2.45, 2.75) is 19.3 Å². The molecule has 1 fully saturated rings. The van der Waals surface area contributed by atoms with E-state index in [1.54, 1.807) is 0 Å². The van der Waals surface area contributed by atoms with E-state index in [9.17, 15) is 5.26 Å². The minimum absolute atomic E-state index is 0.739. The zero-order chi connectivity index (χ0) is 24.9. The first-order chi connectivity index (χ1) is 18.2. The summed E-state index contributed by atoms with van der Waals surface area (Å²) in [7, 11) is 0. The second kappa shape index (κ2) is 8.83. The lowest BCUT2D eigenvalue weighted by atomic mass is 9.90. The van der Waals surface area contributed by atoms with Gasteiger partial charge in [-0.15, -0.1) is 0 Å². The van der Waals surface area contributed by atoms with Gasteiger partial charge in [-0.1, -0.05) is 52.3 Å². The van der Waals surface area contributed by atoms with E-state index in [1.807, 2.05) is 12.3 Å². The van der Waals surface area contributed by atoms with Crippen molar-refractivity contribution in [2.75, 3.05) is 18.0 Å². The third-order valence-corrected chi connectivity index (χ3v) is 8.10. The van der Waals surface area contributed by atoms with Gasteiger partial charge >= 0.3 is 0 Å². The Morgan fingerprint density at radius 2 is 1.62 bits per heavy atom. The van der Waals surface area contributed by atoms with E-state index in [4.69, 9.17) is 4.98 Å². The van der Waals surface area contributed by atoms with Crippen LogP contribution in [0.25, 0.3) is 54.6 Å². The van der Waals surface area contributed by atoms with E-state index in [0.717, 1.165) is 96.3 Å². The van der Waals surface area contributed by atoms with Gasteiger partial charge in [-0.3, -0.25) is 4.98 Å². The number of aromatic nitrogens is 2. The van der Waals surface area contributed by atoms with E-state index in [0.29, 0.717) is 0 Å². The van der Waals surface area contributed by atoms with Crippen molar-refractivity contribution in [1.82, 2.24) is 9.97 Å². The monoisotopic (exact) mass is 542 g/mol. The van der Waals surface area contributed by atoms with Crippen LogP contribution in [-0.4, -0.2) is 23.1 Å². The first-order valence-corrected chi connectivity index (χ1v) is 13.5. The van der Waals surface area contributed by atoms with Gasteiger partial charge in [-0.25, -0.2) is 4.98 Å². The van der Waals surface area contributed by atoms with Crippen LogP contribution in [0.2, 0.25) is 0 Å². The molecule has 4 nitrogen and oxygen atoms in total. The summed E-state index contributed by atoms with van der Waals surface area (Å²) < 4.78 is 1.05. The number of fused-ring (bicyclic) bond motifs is 6. The predicted molar refractivity (Wildman–Crippen MR) is 156 cm³/mol. The van der Waals surface area contributed by atoms with Crippen LogP contribution in [0.3, 0.4) is 0 Å². The summed E-state index contributed by atoms with van der Waals surface area (Å²) in [5.41, 5.74) is 6.73. The zero-order valence-electron chi connectivity index (χ0n) is 20.2. The highest BCUT2D eigenvalue weighted by Gasteiger charge is 2.22. The van der Waals surface area contributed by atoms with Gasteiger partial charge in [0.05, 0.1) is 27.8 Å². The molecular weight excluding hydrogens is 520 g/mol. The quantitative estimate of drug-likeness (QED) is 0.163. The number of piperidine rings is 1. The van der Waals surface area contributed by atoms with E-state index < -0.39 is 0 Å². The topological polar surface area (TPSA) is 52.8 Å². The number of pyridine rings is 2. The standard InChI is InChI=1S/C32H23BrN4/c33-23-10-8-20(9-11-23)25-18-29(37-15-2-1-3-16-37)27(19-34)30-24(25)12-13-28-26(30)17-22-7-6-21-5-4-14-35-31(21)32(22)36-28/h4-14,17-18H,1-3,15-16H2. The Morgan fingerprint density at radius 1 is 0.811 bits per heavy atom. The van der Waals surface area contributed by atoms with Crippen LogP contribution in [0.1, 0.15) is 24.8 Å². The Hall–Kier alpha value is -4.01. The van der Waals surface area contributed by atoms with Crippen LogP contribution in [0.4, 0.5) is 5.69 Å². The molecule has 0 bridgehead atoms. The number of hydrogen-bond acceptors (Lipinski definition) is 4. The molecule has 4 aromatic carbocycles. The van der Waals surface area contributed by atoms with Gasteiger partial charge in [0.15, 0.2) is 0 Å². The third-order valence-electron chi connectivity index (χ3n) is 7.57. The SMILES string of the molecule is N#Cc1c(N2CCCCC2)cc(-c2ccc(Br)cc2)c2ccc3nc4c(ccc5cccnc54)cc3c12. The minimum atomic E-state index is 0.739. The maximum atomic E-state index is 10.5. The van der Waals surface area contributed by atoms with Crippen LogP contribution >= 0.6 is 15.9 Å². The Bertz CT molecular complexity index is 1880. The fraction of sp³-hybridized carbons (Fsp3) is 0.156. The largest absolute Gasteiger partial charge is 0.370 e. The zero-order valence-corrected chi connectivity index (χ0v) is 21.8. The summed E-state index contributed by atoms with van der Waals surface area (Å²) >= 11 is 3.58. The molecule has 0 aliphatic carbocycles. The van der Waals surface area contributed by atoms with Gasteiger partial charge < -0.3 is 4.90 Å². The molecule has 0 atom stereocenters. The normalized spacial score (nSPS) is 14.0. The Balaban J connectivity index is 1.61. The molecule has 7 rings (SSSR count). The van der Waals surface area contributed by atoms with Gasteiger partial charge in [0.1, 0.15) is 6.07 Å². The average Bonchev–Trinajstić information content (AvgIpc) is 2.96. The molecule has 5 heteroatoms. The highest BCUT2D eigenvalue weighted by Crippen LogP contribution is 2.42. The van der Waals surface area contributed by atoms with Crippen molar-refractivity contribution in [3.63, 3.8) is 0 Å². The van der Waals surface area contributed by atoms with E-state index >= 15 is 0 Å². The first-order valence-electron chi connectivity index (χ1n) is 12.7. The molecule has 1 aliphatic rings. The summed E-state index contributed by atoms with van der Waals surface area (Å²) in [4.78, 5) is 12.1. The van der Waals surface area contributed by atoms with Gasteiger partial charge in [0.2, 0.25) is 0 Å². The van der Waals surface area contributed by atoms with Crippen molar-refractivity contribution in [2.24, 2.45) is 0 Å². The van der Waals surface area contributed by atoms with Crippen LogP contribution in [-0.2, 0) is 0 Å². The van der Waals surface area contributed by atoms with Crippen LogP contribution in [0.5, 0.6) is 0 Å². The molecule has 0 radical (unpaired) electrons. The van der Waals surface area contributed by atoms with E-state index in [-0.39, 0.29) is 0 Å². The fourth-order valence-electron chi connectivity index (χ4n) is 5.78. The molecule has 0 N–H and O–H groups in total.